The number of amidine groups is 1. The summed E-state index contributed by atoms with van der Waals surface area (Å²) < 4.78 is 37.4. The highest BCUT2D eigenvalue weighted by atomic mass is 32.3. The first-order valence-electron chi connectivity index (χ1n) is 8.77. The zero-order valence-electron chi connectivity index (χ0n) is 16.2. The van der Waals surface area contributed by atoms with Crippen LogP contribution >= 0.6 is 0 Å². The fraction of sp³-hybridized carbons (Fsp3) is 0.571. The molecule has 1 aromatic heterocycles. The molecule has 2 aliphatic rings. The second-order valence-corrected chi connectivity index (χ2v) is 7.43. The lowest BCUT2D eigenvalue weighted by molar-refractivity contribution is -0.127. The summed E-state index contributed by atoms with van der Waals surface area (Å²) in [5.41, 5.74) is 8.93. The number of nitrogens with two attached hydrogens (primary N) is 1. The number of rotatable bonds is 8. The van der Waals surface area contributed by atoms with E-state index in [1.807, 2.05) is 0 Å². The molecule has 0 saturated carbocycles. The number of hydrogen-bond donors (Lipinski definition) is 4. The number of nitrogens with one attached hydrogen (secondary N) is 2. The van der Waals surface area contributed by atoms with Crippen molar-refractivity contribution in [3.63, 3.8) is 0 Å². The van der Waals surface area contributed by atoms with E-state index in [0.717, 1.165) is 0 Å². The molecule has 1 saturated heterocycles. The maximum Gasteiger partial charge on any atom is 0.418 e. The SMILES string of the molecule is CN=C(NOCC(=O)NCCN)[C@@H]1c2c(cnn2C)[C@@H]2CN1C(=O)N2OS(=O)(=O)O. The molecule has 166 valence electrons. The van der Waals surface area contributed by atoms with Crippen LogP contribution in [0.25, 0.3) is 0 Å². The lowest BCUT2D eigenvalue weighted by atomic mass is 9.97. The Hall–Kier alpha value is -2.79. The van der Waals surface area contributed by atoms with Crippen molar-refractivity contribution in [3.8, 4) is 0 Å². The molecule has 30 heavy (non-hydrogen) atoms. The Labute approximate surface area is 171 Å². The molecule has 0 radical (unpaired) electrons. The molecule has 2 bridgehead atoms. The van der Waals surface area contributed by atoms with Crippen molar-refractivity contribution in [2.24, 2.45) is 17.8 Å². The minimum absolute atomic E-state index is 0.0510. The molecule has 0 unspecified atom stereocenters. The lowest BCUT2D eigenvalue weighted by Crippen LogP contribution is -2.45. The molecule has 3 heterocycles. The van der Waals surface area contributed by atoms with E-state index in [9.17, 15) is 18.0 Å². The Kier molecular flexibility index (Phi) is 6.22. The van der Waals surface area contributed by atoms with Gasteiger partial charge in [0.25, 0.3) is 0 Å². The quantitative estimate of drug-likeness (QED) is 0.145. The van der Waals surface area contributed by atoms with Gasteiger partial charge in [0.05, 0.1) is 18.4 Å². The van der Waals surface area contributed by atoms with E-state index in [1.54, 1.807) is 7.05 Å². The number of hydrogen-bond acceptors (Lipinski definition) is 9. The van der Waals surface area contributed by atoms with Gasteiger partial charge < -0.3 is 16.0 Å². The summed E-state index contributed by atoms with van der Waals surface area (Å²) in [5, 5.41) is 7.28. The lowest BCUT2D eigenvalue weighted by Gasteiger charge is -2.31. The van der Waals surface area contributed by atoms with Crippen molar-refractivity contribution >= 4 is 28.2 Å². The van der Waals surface area contributed by atoms with Crippen molar-refractivity contribution in [3.05, 3.63) is 17.5 Å². The summed E-state index contributed by atoms with van der Waals surface area (Å²) in [6, 6.07) is -2.44. The predicted octanol–water partition coefficient (Wildman–Crippen LogP) is -2.39. The predicted molar refractivity (Wildman–Crippen MR) is 99.8 cm³/mol. The van der Waals surface area contributed by atoms with E-state index in [2.05, 4.69) is 25.2 Å². The van der Waals surface area contributed by atoms with E-state index in [0.29, 0.717) is 22.9 Å². The molecular formula is C14H22N8O7S. The van der Waals surface area contributed by atoms with Crippen LogP contribution in [0.5, 0.6) is 0 Å². The van der Waals surface area contributed by atoms with Gasteiger partial charge in [-0.05, 0) is 0 Å². The summed E-state index contributed by atoms with van der Waals surface area (Å²) in [6.45, 7) is 0.297. The third-order valence-electron chi connectivity index (χ3n) is 4.55. The van der Waals surface area contributed by atoms with Crippen LogP contribution < -0.4 is 16.5 Å². The number of nitrogens with zero attached hydrogens (tertiary/aromatic N) is 5. The molecule has 1 fully saturated rings. The molecular weight excluding hydrogens is 424 g/mol. The number of aliphatic imine (C=N–C) groups is 1. The number of carbonyl (C=O) groups is 2. The topological polar surface area (TPSA) is 194 Å². The summed E-state index contributed by atoms with van der Waals surface area (Å²) in [6.07, 6.45) is 1.47. The van der Waals surface area contributed by atoms with Crippen LogP contribution in [0, 0.1) is 0 Å². The molecule has 0 aromatic carbocycles. The highest BCUT2D eigenvalue weighted by Crippen LogP contribution is 2.44. The molecule has 1 aromatic rings. The largest absolute Gasteiger partial charge is 0.418 e. The normalized spacial score (nSPS) is 21.1. The van der Waals surface area contributed by atoms with Crippen molar-refractivity contribution < 1.29 is 31.7 Å². The summed E-state index contributed by atoms with van der Waals surface area (Å²) in [4.78, 5) is 35.0. The van der Waals surface area contributed by atoms with Crippen LogP contribution in [0.4, 0.5) is 4.79 Å². The molecule has 3 rings (SSSR count). The first-order valence-corrected chi connectivity index (χ1v) is 10.1. The Balaban J connectivity index is 1.84. The third-order valence-corrected chi connectivity index (χ3v) is 4.90. The average molecular weight is 446 g/mol. The van der Waals surface area contributed by atoms with Crippen LogP contribution in [0.2, 0.25) is 0 Å². The van der Waals surface area contributed by atoms with Crippen LogP contribution in [0.3, 0.4) is 0 Å². The minimum atomic E-state index is -4.92. The van der Waals surface area contributed by atoms with Gasteiger partial charge in [-0.25, -0.2) is 4.79 Å². The van der Waals surface area contributed by atoms with E-state index in [-0.39, 0.29) is 25.5 Å². The second kappa shape index (κ2) is 8.52. The highest BCUT2D eigenvalue weighted by molar-refractivity contribution is 7.80. The standard InChI is InChI=1S/C14H22N8O7S/c1-16-13(19-28-7-10(23)17-4-3-15)12-11-8(5-18-20(11)2)9-6-21(12)14(24)22(9)29-30(25,26)27/h5,9,12H,3-4,6-7,15H2,1-2H3,(H,16,19)(H,17,23)(H,25,26,27)/t9-,12-/m0/s1. The van der Waals surface area contributed by atoms with Gasteiger partial charge in [-0.3, -0.25) is 29.3 Å². The number of fused-ring (bicyclic) bond motifs is 4. The third kappa shape index (κ3) is 4.21. The fourth-order valence-corrected chi connectivity index (χ4v) is 3.74. The van der Waals surface area contributed by atoms with Crippen molar-refractivity contribution in [2.75, 3.05) is 33.3 Å². The van der Waals surface area contributed by atoms with Crippen molar-refractivity contribution in [2.45, 2.75) is 12.1 Å². The maximum atomic E-state index is 12.8. The van der Waals surface area contributed by atoms with Crippen LogP contribution in [0.15, 0.2) is 11.2 Å². The monoisotopic (exact) mass is 446 g/mol. The number of amides is 3. The van der Waals surface area contributed by atoms with Gasteiger partial charge in [0, 0.05) is 32.7 Å². The minimum Gasteiger partial charge on any atom is -0.353 e. The summed E-state index contributed by atoms with van der Waals surface area (Å²) >= 11 is 0. The number of hydroxylamine groups is 3. The van der Waals surface area contributed by atoms with Crippen LogP contribution in [-0.4, -0.2) is 83.8 Å². The van der Waals surface area contributed by atoms with Gasteiger partial charge in [0.2, 0.25) is 5.91 Å². The summed E-state index contributed by atoms with van der Waals surface area (Å²) in [7, 11) is -1.83. The number of aromatic nitrogens is 2. The average Bonchev–Trinajstić information content (AvgIpc) is 3.18. The Morgan fingerprint density at radius 3 is 2.87 bits per heavy atom. The van der Waals surface area contributed by atoms with E-state index in [4.69, 9.17) is 15.1 Å². The maximum absolute atomic E-state index is 12.8. The van der Waals surface area contributed by atoms with Crippen molar-refractivity contribution in [1.82, 2.24) is 30.5 Å². The Morgan fingerprint density at radius 2 is 2.23 bits per heavy atom. The molecule has 16 heteroatoms. The molecule has 3 amide bonds. The smallest absolute Gasteiger partial charge is 0.353 e. The van der Waals surface area contributed by atoms with Gasteiger partial charge in [-0.2, -0.15) is 18.6 Å². The van der Waals surface area contributed by atoms with Gasteiger partial charge in [0.1, 0.15) is 17.9 Å². The number of aryl methyl sites for hydroxylation is 1. The zero-order chi connectivity index (χ0) is 22.1. The molecule has 5 N–H and O–H groups in total. The second-order valence-electron chi connectivity index (χ2n) is 6.43. The first kappa shape index (κ1) is 21.9. The summed E-state index contributed by atoms with van der Waals surface area (Å²) in [5.74, 6) is -0.231. The van der Waals surface area contributed by atoms with Gasteiger partial charge in [-0.1, -0.05) is 0 Å². The molecule has 2 aliphatic heterocycles. The Morgan fingerprint density at radius 1 is 1.50 bits per heavy atom. The Bertz CT molecular complexity index is 961. The van der Waals surface area contributed by atoms with Gasteiger partial charge >= 0.3 is 16.4 Å². The van der Waals surface area contributed by atoms with E-state index < -0.39 is 34.4 Å². The van der Waals surface area contributed by atoms with E-state index in [1.165, 1.54) is 22.8 Å². The van der Waals surface area contributed by atoms with E-state index >= 15 is 0 Å². The zero-order valence-corrected chi connectivity index (χ0v) is 17.0. The molecule has 0 aliphatic carbocycles. The van der Waals surface area contributed by atoms with Crippen LogP contribution in [-0.2, 0) is 31.4 Å². The number of carbonyl (C=O) groups excluding carboxylic acids is 2. The molecule has 2 atom stereocenters. The molecule has 15 nitrogen and oxygen atoms in total. The highest BCUT2D eigenvalue weighted by Gasteiger charge is 2.53. The fourth-order valence-electron chi connectivity index (χ4n) is 3.37. The van der Waals surface area contributed by atoms with Crippen LogP contribution in [0.1, 0.15) is 23.3 Å². The van der Waals surface area contributed by atoms with Crippen molar-refractivity contribution in [1.29, 1.82) is 0 Å². The number of urea groups is 1. The van der Waals surface area contributed by atoms with Gasteiger partial charge in [-0.15, -0.1) is 4.28 Å². The molecule has 0 spiro atoms. The van der Waals surface area contributed by atoms with Gasteiger partial charge in [0.15, 0.2) is 6.61 Å². The first-order chi connectivity index (χ1) is 14.2.